The van der Waals surface area contributed by atoms with Crippen LogP contribution < -0.4 is 9.47 Å². The molecule has 0 radical (unpaired) electrons. The van der Waals surface area contributed by atoms with Crippen LogP contribution in [0.2, 0.25) is 0 Å². The highest BCUT2D eigenvalue weighted by atomic mass is 32.1. The van der Waals surface area contributed by atoms with Gasteiger partial charge in [0.15, 0.2) is 11.5 Å². The number of ether oxygens (including phenoxy) is 2. The van der Waals surface area contributed by atoms with Crippen LogP contribution >= 0.6 is 11.3 Å². The molecule has 2 aromatic carbocycles. The van der Waals surface area contributed by atoms with E-state index in [0.717, 1.165) is 52.8 Å². The van der Waals surface area contributed by atoms with Gasteiger partial charge in [0.1, 0.15) is 11.6 Å². The average molecular weight is 381 g/mol. The van der Waals surface area contributed by atoms with Gasteiger partial charge in [0.2, 0.25) is 0 Å². The first-order valence-electron chi connectivity index (χ1n) is 9.21. The summed E-state index contributed by atoms with van der Waals surface area (Å²) in [5.41, 5.74) is 4.64. The third-order valence-corrected chi connectivity index (χ3v) is 5.99. The van der Waals surface area contributed by atoms with E-state index in [1.54, 1.807) is 18.4 Å². The van der Waals surface area contributed by atoms with Crippen LogP contribution in [-0.2, 0) is 6.54 Å². The SMILES string of the molecule is C/C=C(\C)CN1CCOc2c(cc(-c3nc4ccccc4s3)cc2OC)C1. The fourth-order valence-electron chi connectivity index (χ4n) is 3.39. The fourth-order valence-corrected chi connectivity index (χ4v) is 4.34. The van der Waals surface area contributed by atoms with Crippen LogP contribution in [0.4, 0.5) is 0 Å². The van der Waals surface area contributed by atoms with Crippen molar-refractivity contribution < 1.29 is 9.47 Å². The molecule has 27 heavy (non-hydrogen) atoms. The molecular weight excluding hydrogens is 356 g/mol. The number of methoxy groups -OCH3 is 1. The molecule has 0 saturated carbocycles. The van der Waals surface area contributed by atoms with Gasteiger partial charge in [0.05, 0.1) is 17.3 Å². The average Bonchev–Trinajstić information content (AvgIpc) is 3.02. The van der Waals surface area contributed by atoms with Gasteiger partial charge in [0.25, 0.3) is 0 Å². The number of nitrogens with zero attached hydrogens (tertiary/aromatic N) is 2. The van der Waals surface area contributed by atoms with E-state index in [4.69, 9.17) is 14.5 Å². The number of hydrogen-bond donors (Lipinski definition) is 0. The van der Waals surface area contributed by atoms with Crippen molar-refractivity contribution in [2.24, 2.45) is 0 Å². The van der Waals surface area contributed by atoms with Crippen molar-refractivity contribution in [1.82, 2.24) is 9.88 Å². The second-order valence-electron chi connectivity index (χ2n) is 6.85. The summed E-state index contributed by atoms with van der Waals surface area (Å²) in [6.07, 6.45) is 2.17. The first kappa shape index (κ1) is 18.0. The highest BCUT2D eigenvalue weighted by Gasteiger charge is 2.21. The molecule has 0 spiro atoms. The van der Waals surface area contributed by atoms with E-state index in [1.165, 1.54) is 10.3 Å². The lowest BCUT2D eigenvalue weighted by Crippen LogP contribution is -2.27. The van der Waals surface area contributed by atoms with Crippen LogP contribution in [0.15, 0.2) is 48.0 Å². The summed E-state index contributed by atoms with van der Waals surface area (Å²) >= 11 is 1.71. The predicted molar refractivity (Wildman–Crippen MR) is 112 cm³/mol. The summed E-state index contributed by atoms with van der Waals surface area (Å²) in [6, 6.07) is 12.5. The number of benzene rings is 2. The molecule has 140 valence electrons. The Balaban J connectivity index is 1.74. The zero-order valence-electron chi connectivity index (χ0n) is 16.0. The lowest BCUT2D eigenvalue weighted by atomic mass is 10.1. The number of aromatic nitrogens is 1. The number of allylic oxidation sites excluding steroid dienone is 1. The van der Waals surface area contributed by atoms with E-state index >= 15 is 0 Å². The lowest BCUT2D eigenvalue weighted by Gasteiger charge is -2.20. The highest BCUT2D eigenvalue weighted by Crippen LogP contribution is 2.40. The fraction of sp³-hybridized carbons (Fsp3) is 0.318. The smallest absolute Gasteiger partial charge is 0.165 e. The zero-order valence-corrected chi connectivity index (χ0v) is 16.8. The molecule has 0 amide bonds. The maximum atomic E-state index is 6.06. The van der Waals surface area contributed by atoms with E-state index in [2.05, 4.69) is 49.1 Å². The molecule has 4 nitrogen and oxygen atoms in total. The molecule has 5 heteroatoms. The van der Waals surface area contributed by atoms with Gasteiger partial charge >= 0.3 is 0 Å². The van der Waals surface area contributed by atoms with Crippen molar-refractivity contribution in [3.63, 3.8) is 0 Å². The van der Waals surface area contributed by atoms with Crippen LogP contribution in [0.25, 0.3) is 20.8 Å². The molecule has 0 unspecified atom stereocenters. The Morgan fingerprint density at radius 1 is 1.33 bits per heavy atom. The van der Waals surface area contributed by atoms with Crippen LogP contribution in [0.5, 0.6) is 11.5 Å². The predicted octanol–water partition coefficient (Wildman–Crippen LogP) is 5.13. The second-order valence-corrected chi connectivity index (χ2v) is 7.88. The van der Waals surface area contributed by atoms with Gasteiger partial charge < -0.3 is 9.47 Å². The van der Waals surface area contributed by atoms with Crippen molar-refractivity contribution in [3.8, 4) is 22.1 Å². The standard InChI is InChI=1S/C22H24N2O2S/c1-4-15(2)13-24-9-10-26-21-17(14-24)11-16(12-19(21)25-3)22-23-18-7-5-6-8-20(18)27-22/h4-8,11-12H,9-10,13-14H2,1-3H3/b15-4+. The molecule has 4 rings (SSSR count). The van der Waals surface area contributed by atoms with E-state index in [1.807, 2.05) is 12.1 Å². The third kappa shape index (κ3) is 3.70. The minimum Gasteiger partial charge on any atom is -0.493 e. The first-order valence-corrected chi connectivity index (χ1v) is 10.0. The quantitative estimate of drug-likeness (QED) is 0.588. The number of rotatable bonds is 4. The maximum Gasteiger partial charge on any atom is 0.165 e. The molecule has 1 aliphatic rings. The Morgan fingerprint density at radius 2 is 2.19 bits per heavy atom. The Bertz CT molecular complexity index is 960. The summed E-state index contributed by atoms with van der Waals surface area (Å²) in [5, 5.41) is 1.01. The Kier molecular flexibility index (Phi) is 5.14. The minimum absolute atomic E-state index is 0.667. The molecule has 0 N–H and O–H groups in total. The summed E-state index contributed by atoms with van der Waals surface area (Å²) in [5.74, 6) is 1.65. The van der Waals surface area contributed by atoms with Crippen LogP contribution in [0.1, 0.15) is 19.4 Å². The zero-order chi connectivity index (χ0) is 18.8. The first-order chi connectivity index (χ1) is 13.2. The Hall–Kier alpha value is -2.37. The van der Waals surface area contributed by atoms with Crippen LogP contribution in [0.3, 0.4) is 0 Å². The highest BCUT2D eigenvalue weighted by molar-refractivity contribution is 7.21. The van der Waals surface area contributed by atoms with E-state index in [-0.39, 0.29) is 0 Å². The summed E-state index contributed by atoms with van der Waals surface area (Å²) in [6.45, 7) is 7.62. The normalized spacial score (nSPS) is 15.3. The van der Waals surface area contributed by atoms with Crippen LogP contribution in [-0.4, -0.2) is 36.7 Å². The van der Waals surface area contributed by atoms with E-state index in [9.17, 15) is 0 Å². The molecule has 0 atom stereocenters. The molecule has 0 aliphatic carbocycles. The number of fused-ring (bicyclic) bond motifs is 2. The van der Waals surface area contributed by atoms with E-state index in [0.29, 0.717) is 6.61 Å². The summed E-state index contributed by atoms with van der Waals surface area (Å²) in [4.78, 5) is 7.23. The molecule has 0 saturated heterocycles. The molecule has 1 aromatic heterocycles. The van der Waals surface area contributed by atoms with E-state index < -0.39 is 0 Å². The third-order valence-electron chi connectivity index (χ3n) is 4.91. The van der Waals surface area contributed by atoms with Gasteiger partial charge in [-0.3, -0.25) is 4.90 Å². The van der Waals surface area contributed by atoms with Gasteiger partial charge in [-0.1, -0.05) is 23.8 Å². The summed E-state index contributed by atoms with van der Waals surface area (Å²) < 4.78 is 12.9. The van der Waals surface area contributed by atoms with Crippen molar-refractivity contribution in [3.05, 3.63) is 53.6 Å². The Morgan fingerprint density at radius 3 is 2.96 bits per heavy atom. The number of hydrogen-bond acceptors (Lipinski definition) is 5. The molecule has 0 fully saturated rings. The largest absolute Gasteiger partial charge is 0.493 e. The summed E-state index contributed by atoms with van der Waals surface area (Å²) in [7, 11) is 1.70. The van der Waals surface area contributed by atoms with Crippen LogP contribution in [0, 0.1) is 0 Å². The molecule has 2 heterocycles. The lowest BCUT2D eigenvalue weighted by molar-refractivity contribution is 0.235. The molecular formula is C22H24N2O2S. The monoisotopic (exact) mass is 380 g/mol. The van der Waals surface area contributed by atoms with Gasteiger partial charge in [-0.05, 0) is 38.1 Å². The number of thiazole rings is 1. The second kappa shape index (κ2) is 7.71. The van der Waals surface area contributed by atoms with Gasteiger partial charge in [-0.2, -0.15) is 0 Å². The van der Waals surface area contributed by atoms with Gasteiger partial charge in [-0.25, -0.2) is 4.98 Å². The van der Waals surface area contributed by atoms with Crippen molar-refractivity contribution >= 4 is 21.6 Å². The van der Waals surface area contributed by atoms with Gasteiger partial charge in [0, 0.05) is 30.8 Å². The molecule has 1 aliphatic heterocycles. The van der Waals surface area contributed by atoms with Crippen molar-refractivity contribution in [2.45, 2.75) is 20.4 Å². The maximum absolute atomic E-state index is 6.06. The van der Waals surface area contributed by atoms with Crippen molar-refractivity contribution in [1.29, 1.82) is 0 Å². The molecule has 3 aromatic rings. The minimum atomic E-state index is 0.667. The van der Waals surface area contributed by atoms with Gasteiger partial charge in [-0.15, -0.1) is 11.3 Å². The number of para-hydroxylation sites is 1. The Labute approximate surface area is 164 Å². The topological polar surface area (TPSA) is 34.6 Å². The van der Waals surface area contributed by atoms with Crippen molar-refractivity contribution in [2.75, 3.05) is 26.8 Å². The molecule has 0 bridgehead atoms.